The van der Waals surface area contributed by atoms with Crippen molar-refractivity contribution in [3.05, 3.63) is 90.3 Å². The summed E-state index contributed by atoms with van der Waals surface area (Å²) in [5, 5.41) is 0. The van der Waals surface area contributed by atoms with E-state index in [-0.39, 0.29) is 0 Å². The maximum atomic E-state index is 4.60. The lowest BCUT2D eigenvalue weighted by Crippen LogP contribution is -2.48. The summed E-state index contributed by atoms with van der Waals surface area (Å²) < 4.78 is 0. The highest BCUT2D eigenvalue weighted by Gasteiger charge is 2.36. The SMILES string of the molecule is c1ccc(C2=NC3=NC(c4ccccn4)=NC4=NC(c5ccccn5)=NC(=N2)N34)nc1. The summed E-state index contributed by atoms with van der Waals surface area (Å²) in [6.45, 7) is 0. The zero-order chi connectivity index (χ0) is 20.6. The average Bonchev–Trinajstić information content (AvgIpc) is 2.85. The third-order valence-electron chi connectivity index (χ3n) is 4.52. The normalized spacial score (nSPS) is 16.8. The molecule has 0 spiro atoms. The van der Waals surface area contributed by atoms with Gasteiger partial charge in [-0.05, 0) is 36.4 Å². The fourth-order valence-electron chi connectivity index (χ4n) is 3.12. The third kappa shape index (κ3) is 3.02. The molecular formula is C21H12N10. The fraction of sp³-hybridized carbons (Fsp3) is 0. The van der Waals surface area contributed by atoms with Gasteiger partial charge in [-0.15, -0.1) is 0 Å². The van der Waals surface area contributed by atoms with Crippen molar-refractivity contribution in [1.29, 1.82) is 0 Å². The maximum Gasteiger partial charge on any atom is 0.243 e. The van der Waals surface area contributed by atoms with Crippen LogP contribution in [0.4, 0.5) is 0 Å². The van der Waals surface area contributed by atoms with Gasteiger partial charge in [-0.25, -0.2) is 4.90 Å². The lowest BCUT2D eigenvalue weighted by atomic mass is 10.3. The number of hydrogen-bond donors (Lipinski definition) is 0. The first-order valence-electron chi connectivity index (χ1n) is 9.42. The lowest BCUT2D eigenvalue weighted by Gasteiger charge is -2.29. The molecule has 0 aliphatic carbocycles. The molecule has 10 heteroatoms. The van der Waals surface area contributed by atoms with Crippen molar-refractivity contribution in [1.82, 2.24) is 19.9 Å². The predicted octanol–water partition coefficient (Wildman–Crippen LogP) is 1.92. The molecule has 0 saturated heterocycles. The Hall–Kier alpha value is -4.73. The van der Waals surface area contributed by atoms with Crippen LogP contribution in [0.3, 0.4) is 0 Å². The molecule has 0 aromatic carbocycles. The second-order valence-electron chi connectivity index (χ2n) is 6.52. The lowest BCUT2D eigenvalue weighted by molar-refractivity contribution is 0.826. The van der Waals surface area contributed by atoms with E-state index in [1.807, 2.05) is 54.6 Å². The maximum absolute atomic E-state index is 4.60. The Bertz CT molecular complexity index is 1180. The molecule has 0 bridgehead atoms. The number of guanidine groups is 3. The van der Waals surface area contributed by atoms with Gasteiger partial charge in [-0.2, -0.15) is 30.0 Å². The van der Waals surface area contributed by atoms with Crippen molar-refractivity contribution in [3.63, 3.8) is 0 Å². The molecule has 0 radical (unpaired) electrons. The second-order valence-corrected chi connectivity index (χ2v) is 6.52. The van der Waals surface area contributed by atoms with E-state index in [1.165, 1.54) is 0 Å². The third-order valence-corrected chi connectivity index (χ3v) is 4.52. The van der Waals surface area contributed by atoms with E-state index in [4.69, 9.17) is 0 Å². The summed E-state index contributed by atoms with van der Waals surface area (Å²) in [6, 6.07) is 16.6. The van der Waals surface area contributed by atoms with Gasteiger partial charge in [0, 0.05) is 18.6 Å². The molecule has 31 heavy (non-hydrogen) atoms. The van der Waals surface area contributed by atoms with Crippen molar-refractivity contribution >= 4 is 35.4 Å². The summed E-state index contributed by atoms with van der Waals surface area (Å²) in [4.78, 5) is 42.3. The summed E-state index contributed by atoms with van der Waals surface area (Å²) in [7, 11) is 0. The van der Waals surface area contributed by atoms with Crippen LogP contribution in [-0.4, -0.2) is 55.2 Å². The molecule has 0 atom stereocenters. The van der Waals surface area contributed by atoms with Gasteiger partial charge in [-0.1, -0.05) is 18.2 Å². The van der Waals surface area contributed by atoms with E-state index < -0.39 is 0 Å². The first-order chi connectivity index (χ1) is 15.3. The van der Waals surface area contributed by atoms with Crippen molar-refractivity contribution in [3.8, 4) is 0 Å². The Morgan fingerprint density at radius 1 is 0.419 bits per heavy atom. The Labute approximate surface area is 176 Å². The number of rotatable bonds is 3. The Kier molecular flexibility index (Phi) is 3.85. The summed E-state index contributed by atoms with van der Waals surface area (Å²) >= 11 is 0. The zero-order valence-electron chi connectivity index (χ0n) is 15.9. The molecule has 3 aliphatic rings. The first-order valence-corrected chi connectivity index (χ1v) is 9.42. The highest BCUT2D eigenvalue weighted by molar-refractivity contribution is 6.33. The minimum Gasteiger partial charge on any atom is -0.253 e. The van der Waals surface area contributed by atoms with Crippen molar-refractivity contribution < 1.29 is 0 Å². The highest BCUT2D eigenvalue weighted by Crippen LogP contribution is 2.21. The second kappa shape index (κ2) is 6.95. The van der Waals surface area contributed by atoms with Crippen molar-refractivity contribution in [2.45, 2.75) is 0 Å². The van der Waals surface area contributed by atoms with Gasteiger partial charge >= 0.3 is 0 Å². The summed E-state index contributed by atoms with van der Waals surface area (Å²) in [5.74, 6) is 2.26. The number of nitrogens with zero attached hydrogens (tertiary/aromatic N) is 10. The van der Waals surface area contributed by atoms with E-state index in [1.54, 1.807) is 23.5 Å². The van der Waals surface area contributed by atoms with Crippen molar-refractivity contribution in [2.75, 3.05) is 0 Å². The Morgan fingerprint density at radius 2 is 0.774 bits per heavy atom. The monoisotopic (exact) mass is 404 g/mol. The molecule has 3 aliphatic heterocycles. The smallest absolute Gasteiger partial charge is 0.243 e. The van der Waals surface area contributed by atoms with Crippen molar-refractivity contribution in [2.24, 2.45) is 30.0 Å². The number of hydrogen-bond acceptors (Lipinski definition) is 10. The summed E-state index contributed by atoms with van der Waals surface area (Å²) in [6.07, 6.45) is 5.05. The van der Waals surface area contributed by atoms with Crippen LogP contribution >= 0.6 is 0 Å². The molecule has 6 rings (SSSR count). The molecule has 146 valence electrons. The molecule has 0 N–H and O–H groups in total. The predicted molar refractivity (Wildman–Crippen MR) is 116 cm³/mol. The highest BCUT2D eigenvalue weighted by atomic mass is 15.5. The van der Waals surface area contributed by atoms with Crippen LogP contribution in [0.5, 0.6) is 0 Å². The number of aromatic nitrogens is 3. The van der Waals surface area contributed by atoms with Gasteiger partial charge in [0.25, 0.3) is 0 Å². The van der Waals surface area contributed by atoms with E-state index in [0.717, 1.165) is 0 Å². The zero-order valence-corrected chi connectivity index (χ0v) is 15.9. The van der Waals surface area contributed by atoms with E-state index in [0.29, 0.717) is 52.5 Å². The van der Waals surface area contributed by atoms with E-state index in [9.17, 15) is 0 Å². The van der Waals surface area contributed by atoms with Gasteiger partial charge in [-0.3, -0.25) is 15.0 Å². The minimum absolute atomic E-state index is 0.351. The molecule has 0 amide bonds. The van der Waals surface area contributed by atoms with Gasteiger partial charge in [0.15, 0.2) is 17.5 Å². The molecule has 0 saturated carbocycles. The van der Waals surface area contributed by atoms with Crippen LogP contribution in [-0.2, 0) is 0 Å². The summed E-state index contributed by atoms with van der Waals surface area (Å²) in [5.41, 5.74) is 1.83. The number of pyridine rings is 3. The van der Waals surface area contributed by atoms with Gasteiger partial charge in [0.05, 0.1) is 0 Å². The van der Waals surface area contributed by atoms with Gasteiger partial charge in [0.1, 0.15) is 17.1 Å². The quantitative estimate of drug-likeness (QED) is 0.663. The molecule has 10 nitrogen and oxygen atoms in total. The Balaban J connectivity index is 1.55. The van der Waals surface area contributed by atoms with E-state index in [2.05, 4.69) is 44.9 Å². The molecule has 3 aromatic rings. The largest absolute Gasteiger partial charge is 0.253 e. The molecule has 3 aromatic heterocycles. The fourth-order valence-corrected chi connectivity index (χ4v) is 3.12. The average molecular weight is 404 g/mol. The molecule has 0 unspecified atom stereocenters. The van der Waals surface area contributed by atoms with Crippen LogP contribution in [0.15, 0.2) is 103 Å². The molecular weight excluding hydrogens is 392 g/mol. The minimum atomic E-state index is 0.351. The van der Waals surface area contributed by atoms with Crippen LogP contribution < -0.4 is 0 Å². The number of aliphatic imine (C=N–C) groups is 6. The van der Waals surface area contributed by atoms with Crippen LogP contribution in [0.25, 0.3) is 0 Å². The van der Waals surface area contributed by atoms with Crippen LogP contribution in [0, 0.1) is 0 Å². The van der Waals surface area contributed by atoms with Crippen LogP contribution in [0.2, 0.25) is 0 Å². The first kappa shape index (κ1) is 17.2. The molecule has 0 fully saturated rings. The Morgan fingerprint density at radius 3 is 1.06 bits per heavy atom. The van der Waals surface area contributed by atoms with Crippen LogP contribution in [0.1, 0.15) is 17.1 Å². The number of amidine groups is 3. The topological polar surface area (TPSA) is 116 Å². The van der Waals surface area contributed by atoms with Gasteiger partial charge < -0.3 is 0 Å². The van der Waals surface area contributed by atoms with Gasteiger partial charge in [0.2, 0.25) is 17.9 Å². The standard InChI is InChI=1S/C21H12N10/c1-4-10-22-13(7-1)16-25-19-27-17(14-8-2-5-11-23-14)29-21-30-18(15-9-3-6-12-24-15)28-20(26-16)31(19)21/h1-12H. The van der Waals surface area contributed by atoms with E-state index >= 15 is 0 Å². The molecule has 6 heterocycles.